The first-order chi connectivity index (χ1) is 5.11. The molecule has 0 aromatic carbocycles. The molecule has 60 valence electrons. The summed E-state index contributed by atoms with van der Waals surface area (Å²) < 4.78 is 0. The number of hydrogen-bond acceptors (Lipinski definition) is 2. The summed E-state index contributed by atoms with van der Waals surface area (Å²) in [5.74, 6) is 0. The van der Waals surface area contributed by atoms with Gasteiger partial charge in [-0.3, -0.25) is 0 Å². The lowest BCUT2D eigenvalue weighted by Crippen LogP contribution is -2.24. The topological polar surface area (TPSA) is 26.0 Å². The van der Waals surface area contributed by atoms with Crippen LogP contribution in [0, 0.1) is 5.41 Å². The van der Waals surface area contributed by atoms with Crippen molar-refractivity contribution in [2.75, 3.05) is 0 Å². The predicted octanol–water partition coefficient (Wildman–Crippen LogP) is 2.33. The molecule has 1 atom stereocenters. The zero-order chi connectivity index (χ0) is 8.06. The van der Waals surface area contributed by atoms with E-state index in [0.29, 0.717) is 0 Å². The Morgan fingerprint density at radius 3 is 3.00 bits per heavy atom. The minimum Gasteiger partial charge on any atom is -0.323 e. The van der Waals surface area contributed by atoms with Crippen LogP contribution >= 0.6 is 11.3 Å². The van der Waals surface area contributed by atoms with Crippen LogP contribution in [0.3, 0.4) is 0 Å². The highest BCUT2D eigenvalue weighted by molar-refractivity contribution is 7.10. The van der Waals surface area contributed by atoms with Gasteiger partial charge in [0.25, 0.3) is 0 Å². The summed E-state index contributed by atoms with van der Waals surface area (Å²) in [5, 5.41) is 2.14. The van der Waals surface area contributed by atoms with Crippen molar-refractivity contribution in [3.8, 4) is 0 Å². The number of rotatable bonds is 0. The van der Waals surface area contributed by atoms with Gasteiger partial charge >= 0.3 is 0 Å². The molecule has 0 saturated heterocycles. The van der Waals surface area contributed by atoms with Crippen molar-refractivity contribution in [3.63, 3.8) is 0 Å². The van der Waals surface area contributed by atoms with E-state index in [1.165, 1.54) is 10.4 Å². The van der Waals surface area contributed by atoms with E-state index in [1.807, 2.05) is 11.3 Å². The summed E-state index contributed by atoms with van der Waals surface area (Å²) in [5.41, 5.74) is 7.73. The number of thiophene rings is 1. The van der Waals surface area contributed by atoms with Crippen molar-refractivity contribution in [1.82, 2.24) is 0 Å². The molecule has 0 radical (unpaired) electrons. The maximum Gasteiger partial charge on any atom is 0.0361 e. The van der Waals surface area contributed by atoms with E-state index in [2.05, 4.69) is 25.3 Å². The molecule has 0 unspecified atom stereocenters. The third-order valence-corrected chi connectivity index (χ3v) is 3.51. The zero-order valence-electron chi connectivity index (χ0n) is 6.92. The van der Waals surface area contributed by atoms with E-state index < -0.39 is 0 Å². The number of nitrogens with two attached hydrogens (primary N) is 1. The summed E-state index contributed by atoms with van der Waals surface area (Å²) >= 11 is 1.84. The molecule has 0 bridgehead atoms. The molecule has 1 nitrogen and oxygen atoms in total. The van der Waals surface area contributed by atoms with E-state index in [0.717, 1.165) is 6.42 Å². The molecule has 0 saturated carbocycles. The molecule has 11 heavy (non-hydrogen) atoms. The van der Waals surface area contributed by atoms with Gasteiger partial charge in [0.05, 0.1) is 0 Å². The van der Waals surface area contributed by atoms with Gasteiger partial charge in [-0.05, 0) is 28.8 Å². The summed E-state index contributed by atoms with van der Waals surface area (Å²) in [6.07, 6.45) is 1.15. The molecular weight excluding hydrogens is 154 g/mol. The van der Waals surface area contributed by atoms with Gasteiger partial charge in [0.2, 0.25) is 0 Å². The second kappa shape index (κ2) is 2.08. The van der Waals surface area contributed by atoms with Crippen LogP contribution < -0.4 is 5.73 Å². The molecular formula is C9H13NS. The van der Waals surface area contributed by atoms with Crippen molar-refractivity contribution in [2.45, 2.75) is 26.3 Å². The third-order valence-electron chi connectivity index (χ3n) is 2.57. The first-order valence-electron chi connectivity index (χ1n) is 3.93. The smallest absolute Gasteiger partial charge is 0.0361 e. The van der Waals surface area contributed by atoms with Crippen LogP contribution in [-0.2, 0) is 6.42 Å². The van der Waals surface area contributed by atoms with Crippen LogP contribution in [0.4, 0.5) is 0 Å². The maximum atomic E-state index is 6.08. The average molecular weight is 167 g/mol. The lowest BCUT2D eigenvalue weighted by Gasteiger charge is -2.23. The highest BCUT2D eigenvalue weighted by Gasteiger charge is 2.36. The quantitative estimate of drug-likeness (QED) is 0.630. The molecule has 2 heteroatoms. The van der Waals surface area contributed by atoms with E-state index in [4.69, 9.17) is 5.73 Å². The standard InChI is InChI=1S/C9H13NS/c1-9(2)5-7-6(8(9)10)3-4-11-7/h3-4,8H,5,10H2,1-2H3/t8-/m0/s1. The van der Waals surface area contributed by atoms with Crippen LogP contribution in [0.2, 0.25) is 0 Å². The largest absolute Gasteiger partial charge is 0.323 e. The van der Waals surface area contributed by atoms with Crippen molar-refractivity contribution in [2.24, 2.45) is 11.1 Å². The molecule has 0 aliphatic heterocycles. The lowest BCUT2D eigenvalue weighted by atomic mass is 9.86. The fraction of sp³-hybridized carbons (Fsp3) is 0.556. The van der Waals surface area contributed by atoms with Gasteiger partial charge in [0.1, 0.15) is 0 Å². The Balaban J connectivity index is 2.45. The minimum absolute atomic E-state index is 0.253. The van der Waals surface area contributed by atoms with Gasteiger partial charge in [0, 0.05) is 10.9 Å². The molecule has 2 rings (SSSR count). The average Bonchev–Trinajstić information content (AvgIpc) is 2.39. The van der Waals surface area contributed by atoms with E-state index in [-0.39, 0.29) is 11.5 Å². The summed E-state index contributed by atoms with van der Waals surface area (Å²) in [6, 6.07) is 2.42. The Kier molecular flexibility index (Phi) is 1.38. The van der Waals surface area contributed by atoms with Crippen LogP contribution in [-0.4, -0.2) is 0 Å². The summed E-state index contributed by atoms with van der Waals surface area (Å²) in [4.78, 5) is 1.49. The monoisotopic (exact) mass is 167 g/mol. The Morgan fingerprint density at radius 1 is 1.64 bits per heavy atom. The molecule has 0 fully saturated rings. The third kappa shape index (κ3) is 0.932. The van der Waals surface area contributed by atoms with Crippen molar-refractivity contribution in [3.05, 3.63) is 21.9 Å². The lowest BCUT2D eigenvalue weighted by molar-refractivity contribution is 0.319. The van der Waals surface area contributed by atoms with Crippen molar-refractivity contribution >= 4 is 11.3 Å². The van der Waals surface area contributed by atoms with E-state index in [9.17, 15) is 0 Å². The highest BCUT2D eigenvalue weighted by atomic mass is 32.1. The normalized spacial score (nSPS) is 27.0. The molecule has 1 aromatic heterocycles. The number of fused-ring (bicyclic) bond motifs is 1. The molecule has 1 heterocycles. The van der Waals surface area contributed by atoms with Crippen LogP contribution in [0.1, 0.15) is 30.3 Å². The van der Waals surface area contributed by atoms with Gasteiger partial charge < -0.3 is 5.73 Å². The molecule has 0 spiro atoms. The van der Waals surface area contributed by atoms with Gasteiger partial charge in [0.15, 0.2) is 0 Å². The minimum atomic E-state index is 0.253. The van der Waals surface area contributed by atoms with E-state index in [1.54, 1.807) is 0 Å². The van der Waals surface area contributed by atoms with Gasteiger partial charge in [-0.15, -0.1) is 11.3 Å². The van der Waals surface area contributed by atoms with E-state index >= 15 is 0 Å². The maximum absolute atomic E-state index is 6.08. The molecule has 1 aromatic rings. The fourth-order valence-electron chi connectivity index (χ4n) is 1.72. The molecule has 0 amide bonds. The Labute approximate surface area is 71.2 Å². The Bertz CT molecular complexity index is 275. The van der Waals surface area contributed by atoms with Crippen molar-refractivity contribution < 1.29 is 0 Å². The Morgan fingerprint density at radius 2 is 2.36 bits per heavy atom. The SMILES string of the molecule is CC1(C)Cc2sccc2[C@@H]1N. The fourth-order valence-corrected chi connectivity index (χ4v) is 2.88. The molecule has 1 aliphatic carbocycles. The van der Waals surface area contributed by atoms with Crippen molar-refractivity contribution in [1.29, 1.82) is 0 Å². The summed E-state index contributed by atoms with van der Waals surface area (Å²) in [6.45, 7) is 4.48. The second-order valence-corrected chi connectivity index (χ2v) is 4.94. The first kappa shape index (κ1) is 7.32. The molecule has 1 aliphatic rings. The number of hydrogen-bond donors (Lipinski definition) is 1. The Hall–Kier alpha value is -0.340. The second-order valence-electron chi connectivity index (χ2n) is 3.94. The van der Waals surface area contributed by atoms with Gasteiger partial charge in [-0.1, -0.05) is 13.8 Å². The molecule has 2 N–H and O–H groups in total. The van der Waals surface area contributed by atoms with Gasteiger partial charge in [-0.2, -0.15) is 0 Å². The first-order valence-corrected chi connectivity index (χ1v) is 4.81. The predicted molar refractivity (Wildman–Crippen MR) is 48.7 cm³/mol. The van der Waals surface area contributed by atoms with Crippen LogP contribution in [0.15, 0.2) is 11.4 Å². The van der Waals surface area contributed by atoms with Crippen LogP contribution in [0.25, 0.3) is 0 Å². The summed E-state index contributed by atoms with van der Waals surface area (Å²) in [7, 11) is 0. The van der Waals surface area contributed by atoms with Crippen LogP contribution in [0.5, 0.6) is 0 Å². The van der Waals surface area contributed by atoms with Gasteiger partial charge in [-0.25, -0.2) is 0 Å². The zero-order valence-corrected chi connectivity index (χ0v) is 7.74. The highest BCUT2D eigenvalue weighted by Crippen LogP contribution is 2.45.